The van der Waals surface area contributed by atoms with Crippen LogP contribution < -0.4 is 5.56 Å². The van der Waals surface area contributed by atoms with Gasteiger partial charge in [-0.15, -0.1) is 0 Å². The lowest BCUT2D eigenvalue weighted by Crippen LogP contribution is -2.28. The number of hydrogen-bond donors (Lipinski definition) is 0. The summed E-state index contributed by atoms with van der Waals surface area (Å²) in [4.78, 5) is 12.0. The molecule has 0 aliphatic heterocycles. The smallest absolute Gasteiger partial charge is 0.269 e. The standard InChI is InChI=1S/C11H16INO3S/c1-4-17(15,16)10-5-9(12)7-13(11(10)14)6-8(2)3/h5,7-8H,4,6H2,1-3H3. The molecule has 1 aromatic heterocycles. The predicted octanol–water partition coefficient (Wildman–Crippen LogP) is 1.90. The molecule has 0 saturated heterocycles. The van der Waals surface area contributed by atoms with Crippen molar-refractivity contribution in [2.24, 2.45) is 5.92 Å². The Morgan fingerprint density at radius 1 is 1.41 bits per heavy atom. The molecule has 1 heterocycles. The summed E-state index contributed by atoms with van der Waals surface area (Å²) in [5, 5.41) is 0. The molecule has 0 bridgehead atoms. The second-order valence-electron chi connectivity index (χ2n) is 4.28. The zero-order chi connectivity index (χ0) is 13.2. The first kappa shape index (κ1) is 14.7. The Labute approximate surface area is 115 Å². The summed E-state index contributed by atoms with van der Waals surface area (Å²) in [7, 11) is -3.45. The van der Waals surface area contributed by atoms with Crippen molar-refractivity contribution in [2.45, 2.75) is 32.2 Å². The maximum atomic E-state index is 12.0. The molecule has 0 N–H and O–H groups in total. The minimum atomic E-state index is -3.45. The van der Waals surface area contributed by atoms with Crippen LogP contribution in [0.5, 0.6) is 0 Å². The Bertz CT molecular complexity index is 561. The van der Waals surface area contributed by atoms with E-state index < -0.39 is 15.4 Å². The van der Waals surface area contributed by atoms with Gasteiger partial charge in [-0.25, -0.2) is 8.42 Å². The van der Waals surface area contributed by atoms with Crippen molar-refractivity contribution >= 4 is 32.4 Å². The Balaban J connectivity index is 3.45. The molecule has 0 unspecified atom stereocenters. The van der Waals surface area contributed by atoms with Crippen LogP contribution >= 0.6 is 22.6 Å². The number of hydrogen-bond acceptors (Lipinski definition) is 3. The van der Waals surface area contributed by atoms with E-state index in [1.54, 1.807) is 13.1 Å². The highest BCUT2D eigenvalue weighted by Crippen LogP contribution is 2.11. The van der Waals surface area contributed by atoms with Crippen LogP contribution in [0.2, 0.25) is 0 Å². The quantitative estimate of drug-likeness (QED) is 0.762. The van der Waals surface area contributed by atoms with Gasteiger partial charge in [0.1, 0.15) is 4.90 Å². The normalized spacial score (nSPS) is 12.1. The second-order valence-corrected chi connectivity index (χ2v) is 7.77. The van der Waals surface area contributed by atoms with Gasteiger partial charge in [-0.2, -0.15) is 0 Å². The highest BCUT2D eigenvalue weighted by molar-refractivity contribution is 14.1. The highest BCUT2D eigenvalue weighted by Gasteiger charge is 2.18. The SMILES string of the molecule is CCS(=O)(=O)c1cc(I)cn(CC(C)C)c1=O. The first-order valence-electron chi connectivity index (χ1n) is 5.40. The molecule has 0 aliphatic rings. The molecule has 17 heavy (non-hydrogen) atoms. The van der Waals surface area contributed by atoms with E-state index in [9.17, 15) is 13.2 Å². The van der Waals surface area contributed by atoms with Gasteiger partial charge in [0.2, 0.25) is 0 Å². The molecular weight excluding hydrogens is 353 g/mol. The number of aromatic nitrogens is 1. The Hall–Kier alpha value is -0.370. The first-order valence-corrected chi connectivity index (χ1v) is 8.13. The minimum Gasteiger partial charge on any atom is -0.313 e. The molecule has 4 nitrogen and oxygen atoms in total. The zero-order valence-corrected chi connectivity index (χ0v) is 13.1. The molecule has 1 rings (SSSR count). The number of pyridine rings is 1. The molecule has 1 aromatic rings. The largest absolute Gasteiger partial charge is 0.313 e. The summed E-state index contributed by atoms with van der Waals surface area (Å²) >= 11 is 2.03. The van der Waals surface area contributed by atoms with E-state index >= 15 is 0 Å². The van der Waals surface area contributed by atoms with E-state index in [2.05, 4.69) is 0 Å². The van der Waals surface area contributed by atoms with Crippen molar-refractivity contribution in [1.29, 1.82) is 0 Å². The van der Waals surface area contributed by atoms with Crippen LogP contribution in [0.25, 0.3) is 0 Å². The summed E-state index contributed by atoms with van der Waals surface area (Å²) in [6, 6.07) is 1.44. The third-order valence-corrected chi connectivity index (χ3v) is 4.61. The van der Waals surface area contributed by atoms with Gasteiger partial charge in [-0.05, 0) is 34.6 Å². The van der Waals surface area contributed by atoms with E-state index in [1.807, 2.05) is 36.4 Å². The predicted molar refractivity (Wildman–Crippen MR) is 76.0 cm³/mol. The van der Waals surface area contributed by atoms with Gasteiger partial charge in [0.15, 0.2) is 9.84 Å². The monoisotopic (exact) mass is 369 g/mol. The van der Waals surface area contributed by atoms with Crippen LogP contribution in [0.4, 0.5) is 0 Å². The zero-order valence-electron chi connectivity index (χ0n) is 10.1. The van der Waals surface area contributed by atoms with Gasteiger partial charge in [-0.1, -0.05) is 20.8 Å². The number of nitrogens with zero attached hydrogens (tertiary/aromatic N) is 1. The molecule has 0 aromatic carbocycles. The average molecular weight is 369 g/mol. The van der Waals surface area contributed by atoms with Crippen molar-refractivity contribution in [1.82, 2.24) is 4.57 Å². The van der Waals surface area contributed by atoms with Crippen LogP contribution in [0.3, 0.4) is 0 Å². The lowest BCUT2D eigenvalue weighted by molar-refractivity contribution is 0.503. The van der Waals surface area contributed by atoms with Gasteiger partial charge in [0, 0.05) is 16.3 Å². The van der Waals surface area contributed by atoms with Crippen molar-refractivity contribution in [3.05, 3.63) is 26.2 Å². The number of sulfone groups is 1. The molecule has 96 valence electrons. The van der Waals surface area contributed by atoms with Crippen molar-refractivity contribution in [2.75, 3.05) is 5.75 Å². The summed E-state index contributed by atoms with van der Waals surface area (Å²) in [6.07, 6.45) is 1.69. The van der Waals surface area contributed by atoms with Crippen LogP contribution in [-0.4, -0.2) is 18.7 Å². The third-order valence-electron chi connectivity index (χ3n) is 2.30. The fourth-order valence-electron chi connectivity index (χ4n) is 1.48. The number of halogens is 1. The van der Waals surface area contributed by atoms with Gasteiger partial charge in [-0.3, -0.25) is 4.79 Å². The third kappa shape index (κ3) is 3.54. The molecule has 0 atom stereocenters. The summed E-state index contributed by atoms with van der Waals surface area (Å²) in [6.45, 7) is 6.05. The maximum Gasteiger partial charge on any atom is 0.269 e. The molecule has 0 spiro atoms. The Morgan fingerprint density at radius 2 is 2.00 bits per heavy atom. The fourth-order valence-corrected chi connectivity index (χ4v) is 3.34. The van der Waals surface area contributed by atoms with E-state index in [-0.39, 0.29) is 10.6 Å². The van der Waals surface area contributed by atoms with Crippen LogP contribution in [0.15, 0.2) is 22.0 Å². The maximum absolute atomic E-state index is 12.0. The van der Waals surface area contributed by atoms with E-state index in [1.165, 1.54) is 10.6 Å². The molecule has 0 fully saturated rings. The Morgan fingerprint density at radius 3 is 2.47 bits per heavy atom. The lowest BCUT2D eigenvalue weighted by atomic mass is 10.2. The summed E-state index contributed by atoms with van der Waals surface area (Å²) in [5.41, 5.74) is -0.416. The fraction of sp³-hybridized carbons (Fsp3) is 0.545. The van der Waals surface area contributed by atoms with Crippen LogP contribution in [0, 0.1) is 9.49 Å². The average Bonchev–Trinajstić information content (AvgIpc) is 2.22. The van der Waals surface area contributed by atoms with E-state index in [4.69, 9.17) is 0 Å². The molecule has 0 radical (unpaired) electrons. The Kier molecular flexibility index (Phi) is 4.77. The lowest BCUT2D eigenvalue weighted by Gasteiger charge is -2.11. The van der Waals surface area contributed by atoms with E-state index in [0.717, 1.165) is 3.57 Å². The van der Waals surface area contributed by atoms with Gasteiger partial charge in [0.05, 0.1) is 5.75 Å². The molecule has 0 aliphatic carbocycles. The van der Waals surface area contributed by atoms with Gasteiger partial charge >= 0.3 is 0 Å². The topological polar surface area (TPSA) is 56.1 Å². The molecular formula is C11H16INO3S. The highest BCUT2D eigenvalue weighted by atomic mass is 127. The van der Waals surface area contributed by atoms with Crippen molar-refractivity contribution < 1.29 is 8.42 Å². The molecule has 0 amide bonds. The van der Waals surface area contributed by atoms with Gasteiger partial charge in [0.25, 0.3) is 5.56 Å². The molecule has 0 saturated carbocycles. The van der Waals surface area contributed by atoms with Crippen LogP contribution in [-0.2, 0) is 16.4 Å². The van der Waals surface area contributed by atoms with Crippen molar-refractivity contribution in [3.8, 4) is 0 Å². The van der Waals surface area contributed by atoms with E-state index in [0.29, 0.717) is 12.5 Å². The minimum absolute atomic E-state index is 0.0516. The van der Waals surface area contributed by atoms with Crippen molar-refractivity contribution in [3.63, 3.8) is 0 Å². The second kappa shape index (κ2) is 5.51. The summed E-state index contributed by atoms with van der Waals surface area (Å²) < 4.78 is 25.8. The summed E-state index contributed by atoms with van der Waals surface area (Å²) in [5.74, 6) is 0.243. The first-order chi connectivity index (χ1) is 7.77. The molecule has 6 heteroatoms. The number of rotatable bonds is 4. The van der Waals surface area contributed by atoms with Gasteiger partial charge < -0.3 is 4.57 Å². The van der Waals surface area contributed by atoms with Crippen LogP contribution in [0.1, 0.15) is 20.8 Å².